The molecule has 0 saturated heterocycles. The van der Waals surface area contributed by atoms with Gasteiger partial charge in [0.15, 0.2) is 0 Å². The van der Waals surface area contributed by atoms with Crippen LogP contribution in [0.5, 0.6) is 0 Å². The van der Waals surface area contributed by atoms with E-state index in [9.17, 15) is 8.78 Å². The Balaban J connectivity index is 2.70. The minimum Gasteiger partial charge on any atom is -0.329 e. The van der Waals surface area contributed by atoms with Crippen molar-refractivity contribution in [3.05, 3.63) is 35.4 Å². The molecule has 0 fully saturated rings. The number of nitrogens with two attached hydrogens (primary N) is 1. The van der Waals surface area contributed by atoms with Gasteiger partial charge in [-0.3, -0.25) is 0 Å². The standard InChI is InChI=1S/C11H16F2N2/c1-8-4-2-3-5-9(8)10(6-14)15-7-11(12)13/h2-5,10-11,15H,6-7,14H2,1H3. The van der Waals surface area contributed by atoms with Crippen LogP contribution in [0.15, 0.2) is 24.3 Å². The fourth-order valence-electron chi connectivity index (χ4n) is 1.53. The molecule has 0 amide bonds. The predicted molar refractivity (Wildman–Crippen MR) is 57.0 cm³/mol. The SMILES string of the molecule is Cc1ccccc1C(CN)NCC(F)F. The number of nitrogens with one attached hydrogen (secondary N) is 1. The minimum absolute atomic E-state index is 0.194. The molecule has 0 heterocycles. The third-order valence-electron chi connectivity index (χ3n) is 2.32. The topological polar surface area (TPSA) is 38.0 Å². The number of aryl methyl sites for hydroxylation is 1. The molecule has 1 rings (SSSR count). The third kappa shape index (κ3) is 3.57. The van der Waals surface area contributed by atoms with Gasteiger partial charge in [-0.25, -0.2) is 8.78 Å². The summed E-state index contributed by atoms with van der Waals surface area (Å²) >= 11 is 0. The molecular formula is C11H16F2N2. The molecule has 0 radical (unpaired) electrons. The number of benzene rings is 1. The molecule has 2 nitrogen and oxygen atoms in total. The third-order valence-corrected chi connectivity index (χ3v) is 2.32. The summed E-state index contributed by atoms with van der Waals surface area (Å²) < 4.78 is 24.1. The van der Waals surface area contributed by atoms with Crippen LogP contribution in [0.1, 0.15) is 17.2 Å². The summed E-state index contributed by atoms with van der Waals surface area (Å²) in [4.78, 5) is 0. The highest BCUT2D eigenvalue weighted by Gasteiger charge is 2.12. The summed E-state index contributed by atoms with van der Waals surface area (Å²) in [5, 5.41) is 2.75. The zero-order chi connectivity index (χ0) is 11.3. The zero-order valence-electron chi connectivity index (χ0n) is 8.71. The van der Waals surface area contributed by atoms with E-state index >= 15 is 0 Å². The average Bonchev–Trinajstić information content (AvgIpc) is 2.21. The molecule has 1 atom stereocenters. The zero-order valence-corrected chi connectivity index (χ0v) is 8.71. The van der Waals surface area contributed by atoms with Crippen LogP contribution in [-0.2, 0) is 0 Å². The molecule has 0 aliphatic rings. The average molecular weight is 214 g/mol. The van der Waals surface area contributed by atoms with Gasteiger partial charge in [-0.15, -0.1) is 0 Å². The lowest BCUT2D eigenvalue weighted by Crippen LogP contribution is -2.32. The maximum absolute atomic E-state index is 12.0. The van der Waals surface area contributed by atoms with Crippen LogP contribution in [-0.4, -0.2) is 19.5 Å². The van der Waals surface area contributed by atoms with Crippen LogP contribution < -0.4 is 11.1 Å². The lowest BCUT2D eigenvalue weighted by Gasteiger charge is -2.18. The van der Waals surface area contributed by atoms with E-state index in [0.717, 1.165) is 11.1 Å². The first-order valence-corrected chi connectivity index (χ1v) is 4.92. The smallest absolute Gasteiger partial charge is 0.250 e. The Bertz CT molecular complexity index is 302. The molecule has 84 valence electrons. The van der Waals surface area contributed by atoms with Crippen molar-refractivity contribution in [2.24, 2.45) is 5.73 Å². The quantitative estimate of drug-likeness (QED) is 0.785. The number of alkyl halides is 2. The number of hydrogen-bond acceptors (Lipinski definition) is 2. The second-order valence-corrected chi connectivity index (χ2v) is 3.44. The van der Waals surface area contributed by atoms with Crippen molar-refractivity contribution >= 4 is 0 Å². The van der Waals surface area contributed by atoms with Crippen LogP contribution in [0.3, 0.4) is 0 Å². The molecule has 1 aromatic carbocycles. The summed E-state index contributed by atoms with van der Waals surface area (Å²) in [6.07, 6.45) is -2.34. The van der Waals surface area contributed by atoms with Gasteiger partial charge >= 0.3 is 0 Å². The molecule has 0 spiro atoms. The number of hydrogen-bond donors (Lipinski definition) is 2. The summed E-state index contributed by atoms with van der Waals surface area (Å²) in [7, 11) is 0. The number of halogens is 2. The van der Waals surface area contributed by atoms with Gasteiger partial charge in [-0.2, -0.15) is 0 Å². The highest BCUT2D eigenvalue weighted by Crippen LogP contribution is 2.16. The van der Waals surface area contributed by atoms with Gasteiger partial charge in [0.05, 0.1) is 6.54 Å². The van der Waals surface area contributed by atoms with E-state index in [1.54, 1.807) is 0 Å². The van der Waals surface area contributed by atoms with Crippen LogP contribution in [0, 0.1) is 6.92 Å². The molecule has 0 aliphatic heterocycles. The van der Waals surface area contributed by atoms with Crippen molar-refractivity contribution in [1.29, 1.82) is 0 Å². The molecular weight excluding hydrogens is 198 g/mol. The van der Waals surface area contributed by atoms with Crippen molar-refractivity contribution in [3.8, 4) is 0 Å². The first-order chi connectivity index (χ1) is 7.15. The van der Waals surface area contributed by atoms with E-state index in [1.807, 2.05) is 31.2 Å². The van der Waals surface area contributed by atoms with Gasteiger partial charge in [0.2, 0.25) is 0 Å². The highest BCUT2D eigenvalue weighted by atomic mass is 19.3. The first-order valence-electron chi connectivity index (χ1n) is 4.92. The molecule has 0 saturated carbocycles. The second-order valence-electron chi connectivity index (χ2n) is 3.44. The normalized spacial score (nSPS) is 13.1. The minimum atomic E-state index is -2.34. The molecule has 3 N–H and O–H groups in total. The lowest BCUT2D eigenvalue weighted by atomic mass is 10.0. The summed E-state index contributed by atoms with van der Waals surface area (Å²) in [5.74, 6) is 0. The number of rotatable bonds is 5. The Morgan fingerprint density at radius 3 is 2.53 bits per heavy atom. The van der Waals surface area contributed by atoms with Gasteiger partial charge < -0.3 is 11.1 Å². The molecule has 0 aliphatic carbocycles. The van der Waals surface area contributed by atoms with Gasteiger partial charge in [0.25, 0.3) is 6.43 Å². The van der Waals surface area contributed by atoms with E-state index < -0.39 is 6.43 Å². The maximum Gasteiger partial charge on any atom is 0.250 e. The van der Waals surface area contributed by atoms with E-state index in [0.29, 0.717) is 6.54 Å². The van der Waals surface area contributed by atoms with E-state index in [2.05, 4.69) is 5.32 Å². The van der Waals surface area contributed by atoms with Crippen molar-refractivity contribution in [2.75, 3.05) is 13.1 Å². The second kappa shape index (κ2) is 5.78. The van der Waals surface area contributed by atoms with Gasteiger partial charge in [0, 0.05) is 12.6 Å². The fourth-order valence-corrected chi connectivity index (χ4v) is 1.53. The summed E-state index contributed by atoms with van der Waals surface area (Å²) in [5.41, 5.74) is 7.60. The summed E-state index contributed by atoms with van der Waals surface area (Å²) in [6, 6.07) is 7.46. The highest BCUT2D eigenvalue weighted by molar-refractivity contribution is 5.28. The molecule has 1 unspecified atom stereocenters. The predicted octanol–water partition coefficient (Wildman–Crippen LogP) is 1.85. The van der Waals surface area contributed by atoms with E-state index in [1.165, 1.54) is 0 Å². The summed E-state index contributed by atoms with van der Waals surface area (Å²) in [6.45, 7) is 1.94. The van der Waals surface area contributed by atoms with E-state index in [4.69, 9.17) is 5.73 Å². The largest absolute Gasteiger partial charge is 0.329 e. The van der Waals surface area contributed by atoms with Crippen LogP contribution in [0.2, 0.25) is 0 Å². The first kappa shape index (κ1) is 12.1. The monoisotopic (exact) mass is 214 g/mol. The van der Waals surface area contributed by atoms with Gasteiger partial charge in [-0.05, 0) is 18.1 Å². The van der Waals surface area contributed by atoms with Crippen molar-refractivity contribution in [2.45, 2.75) is 19.4 Å². The Morgan fingerprint density at radius 2 is 2.00 bits per heavy atom. The van der Waals surface area contributed by atoms with Crippen LogP contribution in [0.4, 0.5) is 8.78 Å². The molecule has 0 aromatic heterocycles. The van der Waals surface area contributed by atoms with E-state index in [-0.39, 0.29) is 12.6 Å². The lowest BCUT2D eigenvalue weighted by molar-refractivity contribution is 0.141. The fraction of sp³-hybridized carbons (Fsp3) is 0.455. The van der Waals surface area contributed by atoms with Crippen LogP contribution >= 0.6 is 0 Å². The maximum atomic E-state index is 12.0. The van der Waals surface area contributed by atoms with Gasteiger partial charge in [-0.1, -0.05) is 24.3 Å². The van der Waals surface area contributed by atoms with Gasteiger partial charge in [0.1, 0.15) is 0 Å². The van der Waals surface area contributed by atoms with Crippen molar-refractivity contribution in [3.63, 3.8) is 0 Å². The van der Waals surface area contributed by atoms with Crippen molar-refractivity contribution in [1.82, 2.24) is 5.32 Å². The Hall–Kier alpha value is -1.00. The molecule has 0 bridgehead atoms. The molecule has 15 heavy (non-hydrogen) atoms. The Kier molecular flexibility index (Phi) is 4.65. The van der Waals surface area contributed by atoms with Crippen LogP contribution in [0.25, 0.3) is 0 Å². The molecule has 1 aromatic rings. The Labute approximate surface area is 88.5 Å². The molecule has 4 heteroatoms. The van der Waals surface area contributed by atoms with Crippen molar-refractivity contribution < 1.29 is 8.78 Å². The Morgan fingerprint density at radius 1 is 1.33 bits per heavy atom.